The highest BCUT2D eigenvalue weighted by Gasteiger charge is 2.32. The van der Waals surface area contributed by atoms with Crippen LogP contribution in [-0.4, -0.2) is 53.4 Å². The van der Waals surface area contributed by atoms with Gasteiger partial charge in [-0.1, -0.05) is 12.1 Å². The zero-order valence-electron chi connectivity index (χ0n) is 18.6. The molecule has 2 amide bonds. The number of fused-ring (bicyclic) bond motifs is 1. The van der Waals surface area contributed by atoms with Crippen LogP contribution in [0, 0.1) is 6.92 Å². The minimum atomic E-state index is 0.0917. The van der Waals surface area contributed by atoms with Crippen LogP contribution in [0.3, 0.4) is 0 Å². The standard InChI is InChI=1S/C24H30N4O3/c1-4-31-19-8-5-17(6-9-19)7-11-22(30)28-14-13-18(15-28)23-25-16(2)20-10-12-21(29)27(3)24(20)26-23/h5-6,8-9,18H,4,7,10-15H2,1-3H3/t18-/m1/s1. The largest absolute Gasteiger partial charge is 0.494 e. The number of anilines is 1. The average molecular weight is 423 g/mol. The van der Waals surface area contributed by atoms with Crippen LogP contribution in [0.15, 0.2) is 24.3 Å². The van der Waals surface area contributed by atoms with E-state index in [9.17, 15) is 9.59 Å². The molecular formula is C24H30N4O3. The SMILES string of the molecule is CCOc1ccc(CCC(=O)N2CC[C@@H](c3nc(C)c4c(n3)N(C)C(=O)CC4)C2)cc1. The highest BCUT2D eigenvalue weighted by Crippen LogP contribution is 2.31. The van der Waals surface area contributed by atoms with E-state index in [4.69, 9.17) is 14.7 Å². The molecule has 0 radical (unpaired) electrons. The summed E-state index contributed by atoms with van der Waals surface area (Å²) in [5.74, 6) is 2.71. The van der Waals surface area contributed by atoms with E-state index in [0.29, 0.717) is 38.8 Å². The van der Waals surface area contributed by atoms with Gasteiger partial charge in [0.25, 0.3) is 0 Å². The predicted molar refractivity (Wildman–Crippen MR) is 118 cm³/mol. The number of carbonyl (C=O) groups excluding carboxylic acids is 2. The van der Waals surface area contributed by atoms with Crippen molar-refractivity contribution in [2.45, 2.75) is 51.9 Å². The smallest absolute Gasteiger partial charge is 0.228 e. The van der Waals surface area contributed by atoms with Crippen molar-refractivity contribution < 1.29 is 14.3 Å². The summed E-state index contributed by atoms with van der Waals surface area (Å²) < 4.78 is 5.47. The zero-order chi connectivity index (χ0) is 22.0. The molecule has 4 rings (SSSR count). The molecule has 0 unspecified atom stereocenters. The number of hydrogen-bond acceptors (Lipinski definition) is 5. The van der Waals surface area contributed by atoms with Crippen LogP contribution in [0.5, 0.6) is 5.75 Å². The van der Waals surface area contributed by atoms with Gasteiger partial charge < -0.3 is 9.64 Å². The van der Waals surface area contributed by atoms with Crippen LogP contribution in [0.4, 0.5) is 5.82 Å². The summed E-state index contributed by atoms with van der Waals surface area (Å²) in [7, 11) is 1.78. The molecule has 0 saturated carbocycles. The number of hydrogen-bond donors (Lipinski definition) is 0. The Bertz CT molecular complexity index is 974. The quantitative estimate of drug-likeness (QED) is 0.715. The van der Waals surface area contributed by atoms with Gasteiger partial charge in [0.05, 0.1) is 6.61 Å². The Labute approximate surface area is 183 Å². The summed E-state index contributed by atoms with van der Waals surface area (Å²) in [6.45, 7) is 5.96. The molecule has 1 fully saturated rings. The maximum atomic E-state index is 12.8. The lowest BCUT2D eigenvalue weighted by atomic mass is 10.0. The van der Waals surface area contributed by atoms with Crippen LogP contribution in [0.25, 0.3) is 0 Å². The maximum Gasteiger partial charge on any atom is 0.228 e. The molecule has 1 aromatic carbocycles. The third kappa shape index (κ3) is 4.55. The topological polar surface area (TPSA) is 75.6 Å². The average Bonchev–Trinajstić information content (AvgIpc) is 3.26. The summed E-state index contributed by atoms with van der Waals surface area (Å²) >= 11 is 0. The lowest BCUT2D eigenvalue weighted by Crippen LogP contribution is -2.33. The number of amides is 2. The highest BCUT2D eigenvalue weighted by molar-refractivity contribution is 5.94. The lowest BCUT2D eigenvalue weighted by molar-refractivity contribution is -0.130. The molecule has 7 nitrogen and oxygen atoms in total. The van der Waals surface area contributed by atoms with Crippen molar-refractivity contribution in [2.75, 3.05) is 31.6 Å². The van der Waals surface area contributed by atoms with E-state index in [-0.39, 0.29) is 17.7 Å². The van der Waals surface area contributed by atoms with E-state index in [2.05, 4.69) is 0 Å². The molecule has 1 aromatic heterocycles. The molecule has 1 saturated heterocycles. The first-order valence-corrected chi connectivity index (χ1v) is 11.1. The second-order valence-corrected chi connectivity index (χ2v) is 8.32. The molecule has 0 bridgehead atoms. The number of ether oxygens (including phenoxy) is 1. The van der Waals surface area contributed by atoms with Crippen LogP contribution in [0.2, 0.25) is 0 Å². The van der Waals surface area contributed by atoms with E-state index in [1.54, 1.807) is 11.9 Å². The van der Waals surface area contributed by atoms with Crippen molar-refractivity contribution in [3.05, 3.63) is 46.9 Å². The molecule has 0 spiro atoms. The van der Waals surface area contributed by atoms with Gasteiger partial charge in [-0.15, -0.1) is 0 Å². The van der Waals surface area contributed by atoms with Crippen molar-refractivity contribution in [1.82, 2.24) is 14.9 Å². The Morgan fingerprint density at radius 2 is 1.97 bits per heavy atom. The van der Waals surface area contributed by atoms with Gasteiger partial charge >= 0.3 is 0 Å². The number of aromatic nitrogens is 2. The monoisotopic (exact) mass is 422 g/mol. The molecule has 0 aliphatic carbocycles. The number of nitrogens with zero attached hydrogens (tertiary/aromatic N) is 4. The number of carbonyl (C=O) groups is 2. The molecule has 0 N–H and O–H groups in total. The molecule has 2 aliphatic rings. The van der Waals surface area contributed by atoms with Gasteiger partial charge in [-0.3, -0.25) is 14.5 Å². The summed E-state index contributed by atoms with van der Waals surface area (Å²) in [6, 6.07) is 7.94. The molecule has 3 heterocycles. The van der Waals surface area contributed by atoms with Gasteiger partial charge in [-0.25, -0.2) is 9.97 Å². The molecule has 164 valence electrons. The predicted octanol–water partition coefficient (Wildman–Crippen LogP) is 3.04. The summed E-state index contributed by atoms with van der Waals surface area (Å²) in [6.07, 6.45) is 3.26. The number of likely N-dealkylation sites (tertiary alicyclic amines) is 1. The van der Waals surface area contributed by atoms with Crippen molar-refractivity contribution in [3.8, 4) is 5.75 Å². The molecule has 1 atom stereocenters. The summed E-state index contributed by atoms with van der Waals surface area (Å²) in [4.78, 5) is 37.9. The molecule has 2 aromatic rings. The molecule has 2 aliphatic heterocycles. The Morgan fingerprint density at radius 1 is 1.19 bits per heavy atom. The number of aryl methyl sites for hydroxylation is 2. The highest BCUT2D eigenvalue weighted by atomic mass is 16.5. The fraction of sp³-hybridized carbons (Fsp3) is 0.500. The van der Waals surface area contributed by atoms with E-state index in [0.717, 1.165) is 47.2 Å². The zero-order valence-corrected chi connectivity index (χ0v) is 18.6. The van der Waals surface area contributed by atoms with Gasteiger partial charge in [0.15, 0.2) is 0 Å². The number of benzene rings is 1. The second kappa shape index (κ2) is 9.04. The number of rotatable bonds is 6. The van der Waals surface area contributed by atoms with E-state index in [1.165, 1.54) is 0 Å². The molecule has 7 heteroatoms. The normalized spacial score (nSPS) is 18.3. The van der Waals surface area contributed by atoms with E-state index >= 15 is 0 Å². The maximum absolute atomic E-state index is 12.8. The molecular weight excluding hydrogens is 392 g/mol. The third-order valence-electron chi connectivity index (χ3n) is 6.26. The van der Waals surface area contributed by atoms with Crippen molar-refractivity contribution in [1.29, 1.82) is 0 Å². The fourth-order valence-corrected chi connectivity index (χ4v) is 4.40. The van der Waals surface area contributed by atoms with Crippen molar-refractivity contribution in [2.24, 2.45) is 0 Å². The third-order valence-corrected chi connectivity index (χ3v) is 6.26. The fourth-order valence-electron chi connectivity index (χ4n) is 4.40. The summed E-state index contributed by atoms with van der Waals surface area (Å²) in [5, 5.41) is 0. The first kappa shape index (κ1) is 21.3. The minimum absolute atomic E-state index is 0.0917. The van der Waals surface area contributed by atoms with Gasteiger partial charge in [0.1, 0.15) is 17.4 Å². The summed E-state index contributed by atoms with van der Waals surface area (Å²) in [5.41, 5.74) is 3.14. The van der Waals surface area contributed by atoms with Crippen LogP contribution < -0.4 is 9.64 Å². The lowest BCUT2D eigenvalue weighted by Gasteiger charge is -2.26. The van der Waals surface area contributed by atoms with Gasteiger partial charge in [-0.2, -0.15) is 0 Å². The molecule has 31 heavy (non-hydrogen) atoms. The Morgan fingerprint density at radius 3 is 2.71 bits per heavy atom. The van der Waals surface area contributed by atoms with Crippen LogP contribution in [0.1, 0.15) is 54.7 Å². The Balaban J connectivity index is 1.37. The van der Waals surface area contributed by atoms with Crippen LogP contribution in [-0.2, 0) is 22.4 Å². The Hall–Kier alpha value is -2.96. The first-order valence-electron chi connectivity index (χ1n) is 11.1. The van der Waals surface area contributed by atoms with Gasteiger partial charge in [0, 0.05) is 50.2 Å². The van der Waals surface area contributed by atoms with Crippen molar-refractivity contribution >= 4 is 17.6 Å². The van der Waals surface area contributed by atoms with Crippen molar-refractivity contribution in [3.63, 3.8) is 0 Å². The Kier molecular flexibility index (Phi) is 6.20. The second-order valence-electron chi connectivity index (χ2n) is 8.32. The van der Waals surface area contributed by atoms with E-state index < -0.39 is 0 Å². The van der Waals surface area contributed by atoms with Crippen LogP contribution >= 0.6 is 0 Å². The van der Waals surface area contributed by atoms with Gasteiger partial charge in [-0.05, 0) is 50.8 Å². The van der Waals surface area contributed by atoms with E-state index in [1.807, 2.05) is 43.0 Å². The minimum Gasteiger partial charge on any atom is -0.494 e. The first-order chi connectivity index (χ1) is 15.0. The van der Waals surface area contributed by atoms with Gasteiger partial charge in [0.2, 0.25) is 11.8 Å².